The van der Waals surface area contributed by atoms with Crippen LogP contribution in [0.4, 0.5) is 0 Å². The van der Waals surface area contributed by atoms with Crippen molar-refractivity contribution in [1.29, 1.82) is 0 Å². The fraction of sp³-hybridized carbons (Fsp3) is 0.500. The first-order valence-corrected chi connectivity index (χ1v) is 6.11. The van der Waals surface area contributed by atoms with Gasteiger partial charge in [0.1, 0.15) is 0 Å². The molecular formula is C12H16BrNO2. The maximum absolute atomic E-state index is 6.17. The van der Waals surface area contributed by atoms with Crippen molar-refractivity contribution in [2.75, 3.05) is 13.2 Å². The molecule has 88 valence electrons. The topological polar surface area (TPSA) is 44.5 Å². The van der Waals surface area contributed by atoms with Crippen LogP contribution in [0.2, 0.25) is 0 Å². The Bertz CT molecular complexity index is 335. The zero-order valence-corrected chi connectivity index (χ0v) is 10.7. The quantitative estimate of drug-likeness (QED) is 0.809. The molecule has 2 N–H and O–H groups in total. The Morgan fingerprint density at radius 1 is 1.31 bits per heavy atom. The second-order valence-corrected chi connectivity index (χ2v) is 5.22. The maximum atomic E-state index is 6.17. The van der Waals surface area contributed by atoms with Gasteiger partial charge in [0.2, 0.25) is 0 Å². The van der Waals surface area contributed by atoms with E-state index >= 15 is 0 Å². The van der Waals surface area contributed by atoms with Gasteiger partial charge in [0.15, 0.2) is 5.79 Å². The summed E-state index contributed by atoms with van der Waals surface area (Å²) < 4.78 is 12.0. The number of hydrogen-bond donors (Lipinski definition) is 1. The van der Waals surface area contributed by atoms with Crippen LogP contribution in [-0.4, -0.2) is 24.5 Å². The summed E-state index contributed by atoms with van der Waals surface area (Å²) in [6.07, 6.45) is 9.05. The molecule has 1 aliphatic heterocycles. The van der Waals surface area contributed by atoms with Crippen LogP contribution >= 0.6 is 15.9 Å². The minimum absolute atomic E-state index is 0.296. The predicted molar refractivity (Wildman–Crippen MR) is 67.1 cm³/mol. The molecule has 2 aliphatic rings. The largest absolute Gasteiger partial charge is 0.347 e. The third-order valence-corrected chi connectivity index (χ3v) is 3.48. The van der Waals surface area contributed by atoms with E-state index in [4.69, 9.17) is 15.2 Å². The van der Waals surface area contributed by atoms with E-state index in [1.807, 2.05) is 18.2 Å². The van der Waals surface area contributed by atoms with E-state index in [1.54, 1.807) is 6.08 Å². The number of rotatable bonds is 3. The number of halogens is 1. The van der Waals surface area contributed by atoms with Gasteiger partial charge in [0.25, 0.3) is 0 Å². The Morgan fingerprint density at radius 2 is 1.94 bits per heavy atom. The highest BCUT2D eigenvalue weighted by Gasteiger charge is 2.55. The molecule has 0 unspecified atom stereocenters. The fourth-order valence-electron chi connectivity index (χ4n) is 2.17. The van der Waals surface area contributed by atoms with Gasteiger partial charge in [-0.1, -0.05) is 40.7 Å². The van der Waals surface area contributed by atoms with Gasteiger partial charge in [-0.05, 0) is 6.08 Å². The molecule has 1 heterocycles. The summed E-state index contributed by atoms with van der Waals surface area (Å²) in [5.74, 6) is -0.390. The second-order valence-electron chi connectivity index (χ2n) is 4.31. The summed E-state index contributed by atoms with van der Waals surface area (Å²) in [4.78, 5) is 0. The number of nitrogens with two attached hydrogens (primary N) is 1. The molecular weight excluding hydrogens is 270 g/mol. The summed E-state index contributed by atoms with van der Waals surface area (Å²) in [6, 6.07) is 0. The molecule has 0 bridgehead atoms. The van der Waals surface area contributed by atoms with Gasteiger partial charge < -0.3 is 15.2 Å². The average molecular weight is 286 g/mol. The summed E-state index contributed by atoms with van der Waals surface area (Å²) in [6.45, 7) is 5.01. The minimum atomic E-state index is -0.390. The minimum Gasteiger partial charge on any atom is -0.347 e. The van der Waals surface area contributed by atoms with Crippen LogP contribution < -0.4 is 5.73 Å². The van der Waals surface area contributed by atoms with Crippen molar-refractivity contribution < 1.29 is 9.47 Å². The first-order valence-electron chi connectivity index (χ1n) is 5.32. The lowest BCUT2D eigenvalue weighted by molar-refractivity contribution is -0.227. The third-order valence-electron chi connectivity index (χ3n) is 2.89. The first kappa shape index (κ1) is 12.0. The normalized spacial score (nSPS) is 27.2. The van der Waals surface area contributed by atoms with Gasteiger partial charge >= 0.3 is 0 Å². The molecule has 0 amide bonds. The van der Waals surface area contributed by atoms with Crippen LogP contribution in [0.3, 0.4) is 0 Å². The molecule has 1 aliphatic carbocycles. The zero-order valence-electron chi connectivity index (χ0n) is 9.12. The highest BCUT2D eigenvalue weighted by atomic mass is 79.9. The summed E-state index contributed by atoms with van der Waals surface area (Å²) >= 11 is 3.35. The zero-order chi connectivity index (χ0) is 11.6. The van der Waals surface area contributed by atoms with Gasteiger partial charge in [-0.2, -0.15) is 0 Å². The maximum Gasteiger partial charge on any atom is 0.172 e. The van der Waals surface area contributed by atoms with E-state index in [0.29, 0.717) is 13.2 Å². The molecule has 4 heteroatoms. The summed E-state index contributed by atoms with van der Waals surface area (Å²) in [5.41, 5.74) is 5.87. The van der Waals surface area contributed by atoms with Crippen LogP contribution in [-0.2, 0) is 9.47 Å². The van der Waals surface area contributed by atoms with E-state index < -0.39 is 5.79 Å². The Morgan fingerprint density at radius 3 is 2.50 bits per heavy atom. The molecule has 0 atom stereocenters. The highest BCUT2D eigenvalue weighted by molar-refractivity contribution is 9.11. The summed E-state index contributed by atoms with van der Waals surface area (Å²) in [7, 11) is 0. The lowest BCUT2D eigenvalue weighted by Gasteiger charge is -2.48. The second kappa shape index (κ2) is 4.45. The van der Waals surface area contributed by atoms with Crippen LogP contribution in [0.1, 0.15) is 12.8 Å². The molecule has 2 fully saturated rings. The molecule has 2 rings (SSSR count). The van der Waals surface area contributed by atoms with Crippen LogP contribution in [0, 0.1) is 0 Å². The molecule has 16 heavy (non-hydrogen) atoms. The van der Waals surface area contributed by atoms with Crippen molar-refractivity contribution in [2.45, 2.75) is 24.2 Å². The van der Waals surface area contributed by atoms with E-state index in [9.17, 15) is 0 Å². The Balaban J connectivity index is 1.90. The monoisotopic (exact) mass is 285 g/mol. The van der Waals surface area contributed by atoms with Crippen molar-refractivity contribution in [3.8, 4) is 0 Å². The standard InChI is InChI=1S/C12H16BrNO2/c1-2-10(13)4-3-5-11(14)8-12(9-11)15-6-7-16-12/h2-5H,1,6-9,14H2/b5-3+,10-4+. The predicted octanol–water partition coefficient (Wildman–Crippen LogP) is 2.24. The highest BCUT2D eigenvalue weighted by Crippen LogP contribution is 2.46. The number of allylic oxidation sites excluding steroid dienone is 4. The van der Waals surface area contributed by atoms with Crippen molar-refractivity contribution in [3.63, 3.8) is 0 Å². The molecule has 0 aromatic heterocycles. The van der Waals surface area contributed by atoms with Gasteiger partial charge in [-0.3, -0.25) is 0 Å². The molecule has 0 aromatic carbocycles. The van der Waals surface area contributed by atoms with E-state index in [2.05, 4.69) is 22.5 Å². The number of hydrogen-bond acceptors (Lipinski definition) is 3. The SMILES string of the molecule is C=C/C(Br)=C\C=C\C1(N)CC2(C1)OCCO2. The van der Waals surface area contributed by atoms with E-state index in [0.717, 1.165) is 17.3 Å². The van der Waals surface area contributed by atoms with E-state index in [-0.39, 0.29) is 5.54 Å². The Hall–Kier alpha value is -0.420. The van der Waals surface area contributed by atoms with Gasteiger partial charge in [-0.15, -0.1) is 0 Å². The average Bonchev–Trinajstić information content (AvgIpc) is 2.65. The Labute approximate surface area is 104 Å². The van der Waals surface area contributed by atoms with Crippen LogP contribution in [0.5, 0.6) is 0 Å². The van der Waals surface area contributed by atoms with Crippen molar-refractivity contribution >= 4 is 15.9 Å². The first-order chi connectivity index (χ1) is 7.58. The third kappa shape index (κ3) is 2.46. The lowest BCUT2D eigenvalue weighted by atomic mass is 9.72. The van der Waals surface area contributed by atoms with E-state index in [1.165, 1.54) is 0 Å². The number of ether oxygens (including phenoxy) is 2. The molecule has 1 saturated carbocycles. The molecule has 0 aromatic rings. The molecule has 0 radical (unpaired) electrons. The van der Waals surface area contributed by atoms with Crippen LogP contribution in [0.25, 0.3) is 0 Å². The van der Waals surface area contributed by atoms with Gasteiger partial charge in [-0.25, -0.2) is 0 Å². The smallest absolute Gasteiger partial charge is 0.172 e. The van der Waals surface area contributed by atoms with Gasteiger partial charge in [0.05, 0.1) is 13.2 Å². The van der Waals surface area contributed by atoms with Gasteiger partial charge in [0, 0.05) is 22.9 Å². The molecule has 1 saturated heterocycles. The molecule has 3 nitrogen and oxygen atoms in total. The van der Waals surface area contributed by atoms with Crippen molar-refractivity contribution in [2.24, 2.45) is 5.73 Å². The molecule has 1 spiro atoms. The van der Waals surface area contributed by atoms with Crippen molar-refractivity contribution in [3.05, 3.63) is 35.4 Å². The Kier molecular flexibility index (Phi) is 3.35. The lowest BCUT2D eigenvalue weighted by Crippen LogP contribution is -2.61. The van der Waals surface area contributed by atoms with Crippen molar-refractivity contribution in [1.82, 2.24) is 0 Å². The summed E-state index contributed by atoms with van der Waals surface area (Å²) in [5, 5.41) is 0. The van der Waals surface area contributed by atoms with Crippen LogP contribution in [0.15, 0.2) is 35.4 Å². The fourth-order valence-corrected chi connectivity index (χ4v) is 2.32.